The number of methoxy groups -OCH3 is 1. The summed E-state index contributed by atoms with van der Waals surface area (Å²) in [5.74, 6) is -0.238. The van der Waals surface area contributed by atoms with Crippen LogP contribution in [0.15, 0.2) is 48.5 Å². The van der Waals surface area contributed by atoms with Crippen molar-refractivity contribution in [2.45, 2.75) is 13.5 Å². The van der Waals surface area contributed by atoms with Crippen LogP contribution in [0, 0.1) is 6.92 Å². The lowest BCUT2D eigenvalue weighted by atomic mass is 10.1. The largest absolute Gasteiger partial charge is 0.493 e. The Kier molecular flexibility index (Phi) is 6.11. The number of para-hydroxylation sites is 1. The Balaban J connectivity index is 2.23. The van der Waals surface area contributed by atoms with Crippen molar-refractivity contribution in [2.75, 3.05) is 19.1 Å². The highest BCUT2D eigenvalue weighted by atomic mass is 19.3. The second kappa shape index (κ2) is 8.28. The number of nitrogens with zero attached hydrogens (tertiary/aromatic N) is 1. The summed E-state index contributed by atoms with van der Waals surface area (Å²) < 4.78 is 34.8. The normalized spacial score (nSPS) is 11.0. The van der Waals surface area contributed by atoms with Crippen molar-refractivity contribution in [3.63, 3.8) is 0 Å². The quantitative estimate of drug-likeness (QED) is 0.732. The Morgan fingerprint density at radius 3 is 2.44 bits per heavy atom. The molecule has 0 atom stereocenters. The summed E-state index contributed by atoms with van der Waals surface area (Å²) in [6.07, 6.45) is 2.72. The first-order valence-corrected chi connectivity index (χ1v) is 7.56. The topological polar surface area (TPSA) is 38.8 Å². The van der Waals surface area contributed by atoms with Gasteiger partial charge in [0.15, 0.2) is 11.5 Å². The van der Waals surface area contributed by atoms with E-state index in [4.69, 9.17) is 4.74 Å². The van der Waals surface area contributed by atoms with Crippen molar-refractivity contribution < 1.29 is 23.0 Å². The number of hydrogen-bond acceptors (Lipinski definition) is 3. The number of carbonyl (C=O) groups is 1. The molecule has 2 aromatic carbocycles. The molecule has 132 valence electrons. The van der Waals surface area contributed by atoms with E-state index >= 15 is 0 Å². The van der Waals surface area contributed by atoms with E-state index in [1.54, 1.807) is 19.2 Å². The third-order valence-corrected chi connectivity index (χ3v) is 3.59. The first-order chi connectivity index (χ1) is 11.9. The van der Waals surface area contributed by atoms with Gasteiger partial charge in [-0.2, -0.15) is 8.78 Å². The minimum Gasteiger partial charge on any atom is -0.493 e. The van der Waals surface area contributed by atoms with E-state index in [1.807, 2.05) is 31.2 Å². The van der Waals surface area contributed by atoms with Crippen LogP contribution < -0.4 is 14.4 Å². The number of ether oxygens (including phenoxy) is 2. The SMILES string of the molecule is COc1cccc(/C=C/C(=O)N(C)c2ccc(C)cc2)c1OC(F)F. The first-order valence-electron chi connectivity index (χ1n) is 7.56. The molecule has 0 aliphatic heterocycles. The lowest BCUT2D eigenvalue weighted by Crippen LogP contribution is -2.23. The van der Waals surface area contributed by atoms with Crippen LogP contribution in [0.25, 0.3) is 6.08 Å². The van der Waals surface area contributed by atoms with Gasteiger partial charge in [-0.15, -0.1) is 0 Å². The molecule has 0 fully saturated rings. The van der Waals surface area contributed by atoms with Crippen molar-refractivity contribution in [3.8, 4) is 11.5 Å². The third kappa shape index (κ3) is 4.79. The van der Waals surface area contributed by atoms with Crippen LogP contribution in [0.3, 0.4) is 0 Å². The summed E-state index contributed by atoms with van der Waals surface area (Å²) in [7, 11) is 3.00. The zero-order chi connectivity index (χ0) is 18.4. The standard InChI is InChI=1S/C19H19F2NO3/c1-13-7-10-15(11-8-13)22(2)17(23)12-9-14-5-4-6-16(24-3)18(14)25-19(20)21/h4-12,19H,1-3H3/b12-9+. The average Bonchev–Trinajstić information content (AvgIpc) is 2.60. The Morgan fingerprint density at radius 2 is 1.84 bits per heavy atom. The van der Waals surface area contributed by atoms with Crippen molar-refractivity contribution >= 4 is 17.7 Å². The number of aryl methyl sites for hydroxylation is 1. The van der Waals surface area contributed by atoms with Crippen LogP contribution in [0.5, 0.6) is 11.5 Å². The van der Waals surface area contributed by atoms with E-state index in [0.717, 1.165) is 11.3 Å². The molecule has 0 aliphatic rings. The maximum absolute atomic E-state index is 12.6. The van der Waals surface area contributed by atoms with Gasteiger partial charge < -0.3 is 14.4 Å². The highest BCUT2D eigenvalue weighted by molar-refractivity contribution is 6.03. The van der Waals surface area contributed by atoms with E-state index in [2.05, 4.69) is 4.74 Å². The third-order valence-electron chi connectivity index (χ3n) is 3.59. The molecule has 0 N–H and O–H groups in total. The van der Waals surface area contributed by atoms with Crippen molar-refractivity contribution in [3.05, 3.63) is 59.7 Å². The monoisotopic (exact) mass is 347 g/mol. The Hall–Kier alpha value is -2.89. The zero-order valence-electron chi connectivity index (χ0n) is 14.2. The van der Waals surface area contributed by atoms with Crippen LogP contribution in [0.4, 0.5) is 14.5 Å². The van der Waals surface area contributed by atoms with Crippen LogP contribution >= 0.6 is 0 Å². The van der Waals surface area contributed by atoms with E-state index in [9.17, 15) is 13.6 Å². The number of halogens is 2. The number of likely N-dealkylation sites (N-methyl/N-ethyl adjacent to an activating group) is 1. The summed E-state index contributed by atoms with van der Waals surface area (Å²) in [5, 5.41) is 0. The molecule has 0 spiro atoms. The molecule has 0 radical (unpaired) electrons. The fraction of sp³-hybridized carbons (Fsp3) is 0.211. The molecule has 25 heavy (non-hydrogen) atoms. The highest BCUT2D eigenvalue weighted by Gasteiger charge is 2.14. The lowest BCUT2D eigenvalue weighted by Gasteiger charge is -2.16. The van der Waals surface area contributed by atoms with Crippen LogP contribution in [0.1, 0.15) is 11.1 Å². The second-order valence-corrected chi connectivity index (χ2v) is 5.32. The molecule has 2 rings (SSSR count). The number of anilines is 1. The van der Waals surface area contributed by atoms with Gasteiger partial charge in [0.25, 0.3) is 5.91 Å². The fourth-order valence-corrected chi connectivity index (χ4v) is 2.21. The van der Waals surface area contributed by atoms with Gasteiger partial charge in [0.1, 0.15) is 0 Å². The number of alkyl halides is 2. The molecule has 0 heterocycles. The molecule has 6 heteroatoms. The number of rotatable bonds is 6. The highest BCUT2D eigenvalue weighted by Crippen LogP contribution is 2.33. The number of amides is 1. The Labute approximate surface area is 145 Å². The predicted molar refractivity (Wildman–Crippen MR) is 93.2 cm³/mol. The molecule has 1 amide bonds. The van der Waals surface area contributed by atoms with E-state index in [1.165, 1.54) is 30.2 Å². The van der Waals surface area contributed by atoms with Gasteiger partial charge in [-0.1, -0.05) is 29.8 Å². The van der Waals surface area contributed by atoms with Crippen molar-refractivity contribution in [1.82, 2.24) is 0 Å². The molecule has 0 bridgehead atoms. The molecule has 0 saturated heterocycles. The van der Waals surface area contributed by atoms with Gasteiger partial charge in [0, 0.05) is 24.4 Å². The average molecular weight is 347 g/mol. The van der Waals surface area contributed by atoms with E-state index < -0.39 is 6.61 Å². The minimum atomic E-state index is -2.99. The Bertz CT molecular complexity index is 758. The van der Waals surface area contributed by atoms with Gasteiger partial charge in [0.2, 0.25) is 0 Å². The predicted octanol–water partition coefficient (Wildman–Crippen LogP) is 4.28. The van der Waals surface area contributed by atoms with Gasteiger partial charge in [-0.25, -0.2) is 0 Å². The molecule has 2 aromatic rings. The lowest BCUT2D eigenvalue weighted by molar-refractivity contribution is -0.113. The summed E-state index contributed by atoms with van der Waals surface area (Å²) in [6, 6.07) is 12.2. The van der Waals surface area contributed by atoms with Crippen LogP contribution in [-0.4, -0.2) is 26.7 Å². The maximum Gasteiger partial charge on any atom is 0.387 e. The molecular formula is C19H19F2NO3. The van der Waals surface area contributed by atoms with Gasteiger partial charge >= 0.3 is 6.61 Å². The van der Waals surface area contributed by atoms with E-state index in [0.29, 0.717) is 5.56 Å². The summed E-state index contributed by atoms with van der Waals surface area (Å²) >= 11 is 0. The molecule has 4 nitrogen and oxygen atoms in total. The van der Waals surface area contributed by atoms with Gasteiger partial charge in [-0.3, -0.25) is 4.79 Å². The first kappa shape index (κ1) is 18.4. The number of hydrogen-bond donors (Lipinski definition) is 0. The number of benzene rings is 2. The second-order valence-electron chi connectivity index (χ2n) is 5.32. The Morgan fingerprint density at radius 1 is 1.16 bits per heavy atom. The molecule has 0 unspecified atom stereocenters. The van der Waals surface area contributed by atoms with Crippen molar-refractivity contribution in [2.24, 2.45) is 0 Å². The van der Waals surface area contributed by atoms with E-state index in [-0.39, 0.29) is 17.4 Å². The fourth-order valence-electron chi connectivity index (χ4n) is 2.21. The molecule has 0 aromatic heterocycles. The van der Waals surface area contributed by atoms with Gasteiger partial charge in [-0.05, 0) is 31.2 Å². The molecule has 0 saturated carbocycles. The summed E-state index contributed by atoms with van der Waals surface area (Å²) in [5.41, 5.74) is 2.14. The smallest absolute Gasteiger partial charge is 0.387 e. The summed E-state index contributed by atoms with van der Waals surface area (Å²) in [4.78, 5) is 13.8. The van der Waals surface area contributed by atoms with Crippen LogP contribution in [-0.2, 0) is 4.79 Å². The van der Waals surface area contributed by atoms with Crippen LogP contribution in [0.2, 0.25) is 0 Å². The molecular weight excluding hydrogens is 328 g/mol. The zero-order valence-corrected chi connectivity index (χ0v) is 14.2. The number of carbonyl (C=O) groups excluding carboxylic acids is 1. The van der Waals surface area contributed by atoms with Gasteiger partial charge in [0.05, 0.1) is 7.11 Å². The van der Waals surface area contributed by atoms with Crippen molar-refractivity contribution in [1.29, 1.82) is 0 Å². The minimum absolute atomic E-state index is 0.109. The molecule has 0 aliphatic carbocycles. The summed E-state index contributed by atoms with van der Waals surface area (Å²) in [6.45, 7) is -1.03. The maximum atomic E-state index is 12.6.